The first kappa shape index (κ1) is 21.0. The van der Waals surface area contributed by atoms with Gasteiger partial charge in [0.1, 0.15) is 11.3 Å². The van der Waals surface area contributed by atoms with Gasteiger partial charge in [-0.1, -0.05) is 37.7 Å². The highest BCUT2D eigenvalue weighted by atomic mass is 32.2. The molecular weight excluding hydrogens is 412 g/mol. The van der Waals surface area contributed by atoms with Crippen LogP contribution in [0.2, 0.25) is 0 Å². The van der Waals surface area contributed by atoms with Gasteiger partial charge in [-0.2, -0.15) is 0 Å². The van der Waals surface area contributed by atoms with E-state index >= 15 is 0 Å². The number of aromatic amines is 1. The van der Waals surface area contributed by atoms with Crippen molar-refractivity contribution in [3.8, 4) is 0 Å². The smallest absolute Gasteiger partial charge is 0.278 e. The van der Waals surface area contributed by atoms with E-state index in [2.05, 4.69) is 29.1 Å². The maximum absolute atomic E-state index is 13.1. The van der Waals surface area contributed by atoms with Crippen LogP contribution >= 0.6 is 11.8 Å². The summed E-state index contributed by atoms with van der Waals surface area (Å²) in [6.45, 7) is 6.34. The number of fused-ring (bicyclic) bond motifs is 1. The Morgan fingerprint density at radius 3 is 2.84 bits per heavy atom. The van der Waals surface area contributed by atoms with Gasteiger partial charge in [-0.3, -0.25) is 14.2 Å². The molecule has 0 fully saturated rings. The molecule has 0 aliphatic carbocycles. The van der Waals surface area contributed by atoms with Crippen LogP contribution in [-0.4, -0.2) is 26.2 Å². The van der Waals surface area contributed by atoms with Crippen molar-refractivity contribution in [3.05, 3.63) is 76.1 Å². The lowest BCUT2D eigenvalue weighted by molar-refractivity contribution is -0.113. The summed E-state index contributed by atoms with van der Waals surface area (Å²) in [5, 5.41) is 3.40. The average Bonchev–Trinajstić information content (AvgIpc) is 3.38. The number of thioether (sulfide) groups is 1. The molecule has 2 N–H and O–H groups in total. The zero-order valence-corrected chi connectivity index (χ0v) is 18.5. The van der Waals surface area contributed by atoms with Crippen LogP contribution in [0.3, 0.4) is 0 Å². The van der Waals surface area contributed by atoms with Crippen LogP contribution in [0.4, 0.5) is 5.69 Å². The Bertz CT molecular complexity index is 1270. The number of benzene rings is 1. The second-order valence-electron chi connectivity index (χ2n) is 7.69. The molecule has 0 unspecified atom stereocenters. The molecule has 1 aromatic carbocycles. The highest BCUT2D eigenvalue weighted by Crippen LogP contribution is 2.21. The van der Waals surface area contributed by atoms with E-state index in [0.717, 1.165) is 16.9 Å². The van der Waals surface area contributed by atoms with Crippen LogP contribution in [0.15, 0.2) is 63.1 Å². The van der Waals surface area contributed by atoms with E-state index in [4.69, 9.17) is 4.42 Å². The summed E-state index contributed by atoms with van der Waals surface area (Å²) in [7, 11) is 0. The van der Waals surface area contributed by atoms with Gasteiger partial charge in [0.2, 0.25) is 5.91 Å². The van der Waals surface area contributed by atoms with Crippen molar-refractivity contribution < 1.29 is 9.21 Å². The van der Waals surface area contributed by atoms with E-state index in [0.29, 0.717) is 27.9 Å². The Balaban J connectivity index is 1.56. The van der Waals surface area contributed by atoms with Gasteiger partial charge < -0.3 is 14.7 Å². The molecule has 0 radical (unpaired) electrons. The number of aryl methyl sites for hydroxylation is 1. The first-order valence-corrected chi connectivity index (χ1v) is 11.0. The summed E-state index contributed by atoms with van der Waals surface area (Å²) in [5.74, 6) is 0.993. The topological polar surface area (TPSA) is 92.9 Å². The van der Waals surface area contributed by atoms with Crippen LogP contribution in [0.1, 0.15) is 36.8 Å². The van der Waals surface area contributed by atoms with Crippen molar-refractivity contribution >= 4 is 34.4 Å². The van der Waals surface area contributed by atoms with Crippen LogP contribution in [0.5, 0.6) is 0 Å². The molecule has 0 saturated heterocycles. The summed E-state index contributed by atoms with van der Waals surface area (Å²) < 4.78 is 6.95. The van der Waals surface area contributed by atoms with Gasteiger partial charge in [-0.15, -0.1) is 0 Å². The van der Waals surface area contributed by atoms with E-state index < -0.39 is 0 Å². The molecule has 0 aliphatic rings. The molecule has 3 aromatic heterocycles. The minimum atomic E-state index is -0.193. The van der Waals surface area contributed by atoms with Crippen molar-refractivity contribution in [1.29, 1.82) is 0 Å². The van der Waals surface area contributed by atoms with E-state index in [-0.39, 0.29) is 23.8 Å². The van der Waals surface area contributed by atoms with Gasteiger partial charge in [0.15, 0.2) is 5.16 Å². The first-order valence-electron chi connectivity index (χ1n) is 10.1. The molecule has 4 aromatic rings. The molecule has 8 heteroatoms. The number of aromatic nitrogens is 3. The maximum atomic E-state index is 13.1. The minimum Gasteiger partial charge on any atom is -0.467 e. The SMILES string of the molecule is Cc1cc2nc(SCC(=O)Nc3cccc(C(C)C)c3)n(Cc3ccco3)c(=O)c2[nH]1. The maximum Gasteiger partial charge on any atom is 0.278 e. The second kappa shape index (κ2) is 8.85. The van der Waals surface area contributed by atoms with Crippen molar-refractivity contribution in [1.82, 2.24) is 14.5 Å². The number of hydrogen-bond donors (Lipinski definition) is 2. The number of anilines is 1. The number of amides is 1. The molecule has 4 rings (SSSR count). The van der Waals surface area contributed by atoms with E-state index in [1.807, 2.05) is 37.3 Å². The number of rotatable bonds is 7. The molecule has 0 spiro atoms. The lowest BCUT2D eigenvalue weighted by Gasteiger charge is -2.12. The van der Waals surface area contributed by atoms with E-state index in [9.17, 15) is 9.59 Å². The van der Waals surface area contributed by atoms with Crippen LogP contribution in [0.25, 0.3) is 11.0 Å². The molecule has 0 atom stereocenters. The molecule has 0 aliphatic heterocycles. The largest absolute Gasteiger partial charge is 0.467 e. The van der Waals surface area contributed by atoms with Crippen LogP contribution in [-0.2, 0) is 11.3 Å². The third-order valence-corrected chi connectivity index (χ3v) is 5.88. The normalized spacial score (nSPS) is 11.4. The number of nitrogens with zero attached hydrogens (tertiary/aromatic N) is 2. The summed E-state index contributed by atoms with van der Waals surface area (Å²) in [6.07, 6.45) is 1.57. The van der Waals surface area contributed by atoms with E-state index in [1.54, 1.807) is 18.4 Å². The number of furan rings is 1. The Hall–Kier alpha value is -3.26. The standard InChI is InChI=1S/C23H24N4O3S/c1-14(2)16-6-4-7-17(11-16)25-20(28)13-31-23-26-19-10-15(3)24-21(19)22(29)27(23)12-18-8-5-9-30-18/h4-11,14,24H,12-13H2,1-3H3,(H,25,28). The molecular formula is C23H24N4O3S. The van der Waals surface area contributed by atoms with Crippen LogP contribution < -0.4 is 10.9 Å². The van der Waals surface area contributed by atoms with Crippen molar-refractivity contribution in [3.63, 3.8) is 0 Å². The third kappa shape index (κ3) is 4.74. The number of hydrogen-bond acceptors (Lipinski definition) is 5. The number of carbonyl (C=O) groups is 1. The lowest BCUT2D eigenvalue weighted by Crippen LogP contribution is -2.24. The molecule has 3 heterocycles. The van der Waals surface area contributed by atoms with Crippen LogP contribution in [0, 0.1) is 6.92 Å². The predicted molar refractivity (Wildman–Crippen MR) is 123 cm³/mol. The fourth-order valence-electron chi connectivity index (χ4n) is 3.32. The fourth-order valence-corrected chi connectivity index (χ4v) is 4.12. The monoisotopic (exact) mass is 436 g/mol. The predicted octanol–water partition coefficient (Wildman–Crippen LogP) is 4.53. The van der Waals surface area contributed by atoms with Gasteiger partial charge in [-0.25, -0.2) is 4.98 Å². The van der Waals surface area contributed by atoms with Gasteiger partial charge in [0.25, 0.3) is 5.56 Å². The zero-order chi connectivity index (χ0) is 22.0. The minimum absolute atomic E-state index is 0.130. The summed E-state index contributed by atoms with van der Waals surface area (Å²) >= 11 is 1.23. The van der Waals surface area contributed by atoms with Crippen molar-refractivity contribution in [2.75, 3.05) is 11.1 Å². The lowest BCUT2D eigenvalue weighted by atomic mass is 10.0. The summed E-state index contributed by atoms with van der Waals surface area (Å²) in [4.78, 5) is 33.3. The first-order chi connectivity index (χ1) is 14.9. The summed E-state index contributed by atoms with van der Waals surface area (Å²) in [5.41, 5.74) is 3.62. The fraction of sp³-hybridized carbons (Fsp3) is 0.261. The molecule has 0 bridgehead atoms. The average molecular weight is 437 g/mol. The van der Waals surface area contributed by atoms with Crippen molar-refractivity contribution in [2.24, 2.45) is 0 Å². The van der Waals surface area contributed by atoms with Gasteiger partial charge >= 0.3 is 0 Å². The van der Waals surface area contributed by atoms with Crippen molar-refractivity contribution in [2.45, 2.75) is 38.4 Å². The molecule has 160 valence electrons. The molecule has 31 heavy (non-hydrogen) atoms. The number of nitrogens with one attached hydrogen (secondary N) is 2. The Morgan fingerprint density at radius 1 is 1.26 bits per heavy atom. The van der Waals surface area contributed by atoms with E-state index in [1.165, 1.54) is 16.3 Å². The zero-order valence-electron chi connectivity index (χ0n) is 17.6. The van der Waals surface area contributed by atoms with Gasteiger partial charge in [0, 0.05) is 11.4 Å². The molecule has 7 nitrogen and oxygen atoms in total. The highest BCUT2D eigenvalue weighted by molar-refractivity contribution is 7.99. The molecule has 1 amide bonds. The highest BCUT2D eigenvalue weighted by Gasteiger charge is 2.16. The molecule has 0 saturated carbocycles. The van der Waals surface area contributed by atoms with Gasteiger partial charge in [-0.05, 0) is 48.7 Å². The third-order valence-electron chi connectivity index (χ3n) is 4.90. The Labute approximate surface area is 183 Å². The quantitative estimate of drug-likeness (QED) is 0.328. The Morgan fingerprint density at radius 2 is 2.10 bits per heavy atom. The van der Waals surface area contributed by atoms with Gasteiger partial charge in [0.05, 0.1) is 24.1 Å². The summed E-state index contributed by atoms with van der Waals surface area (Å²) in [6, 6.07) is 13.2. The Kier molecular flexibility index (Phi) is 5.99. The number of H-pyrrole nitrogens is 1. The second-order valence-corrected chi connectivity index (χ2v) is 8.64. The number of carbonyl (C=O) groups excluding carboxylic acids is 1.